The van der Waals surface area contributed by atoms with E-state index in [0.29, 0.717) is 12.1 Å². The average Bonchev–Trinajstić information content (AvgIpc) is 1.85. The third-order valence-electron chi connectivity index (χ3n) is 2.47. The van der Waals surface area contributed by atoms with E-state index < -0.39 is 0 Å². The Balaban J connectivity index is 2.62. The highest BCUT2D eigenvalue weighted by Crippen LogP contribution is 2.21. The maximum Gasteiger partial charge on any atom is 0.188 e. The van der Waals surface area contributed by atoms with Crippen LogP contribution in [0.1, 0.15) is 33.1 Å². The molecule has 1 aliphatic rings. The van der Waals surface area contributed by atoms with Gasteiger partial charge in [0.2, 0.25) is 0 Å². The van der Waals surface area contributed by atoms with Crippen LogP contribution in [0.15, 0.2) is 0 Å². The zero-order valence-electron chi connectivity index (χ0n) is 7.30. The Kier molecular flexibility index (Phi) is 2.37. The van der Waals surface area contributed by atoms with E-state index in [-0.39, 0.29) is 5.96 Å². The maximum atomic E-state index is 7.35. The van der Waals surface area contributed by atoms with Crippen LogP contribution in [0.3, 0.4) is 0 Å². The lowest BCUT2D eigenvalue weighted by Crippen LogP contribution is -2.50. The largest absolute Gasteiger partial charge is 0.370 e. The maximum absolute atomic E-state index is 7.35. The Bertz CT molecular complexity index is 145. The van der Waals surface area contributed by atoms with Crippen molar-refractivity contribution in [2.45, 2.75) is 45.2 Å². The van der Waals surface area contributed by atoms with Gasteiger partial charge in [-0.05, 0) is 33.1 Å². The van der Waals surface area contributed by atoms with E-state index in [1.807, 2.05) is 4.90 Å². The Labute approximate surface area is 68.1 Å². The van der Waals surface area contributed by atoms with Gasteiger partial charge in [-0.3, -0.25) is 5.41 Å². The molecule has 64 valence electrons. The lowest BCUT2D eigenvalue weighted by molar-refractivity contribution is 0.188. The van der Waals surface area contributed by atoms with Crippen LogP contribution in [0.5, 0.6) is 0 Å². The molecule has 11 heavy (non-hydrogen) atoms. The normalized spacial score (nSPS) is 32.0. The minimum Gasteiger partial charge on any atom is -0.370 e. The third kappa shape index (κ3) is 1.64. The second kappa shape index (κ2) is 3.11. The molecule has 3 nitrogen and oxygen atoms in total. The number of likely N-dealkylation sites (tertiary alicyclic amines) is 1. The zero-order valence-corrected chi connectivity index (χ0v) is 7.30. The van der Waals surface area contributed by atoms with E-state index in [9.17, 15) is 0 Å². The quantitative estimate of drug-likeness (QED) is 0.407. The van der Waals surface area contributed by atoms with Crippen molar-refractivity contribution in [3.05, 3.63) is 0 Å². The molecule has 2 atom stereocenters. The summed E-state index contributed by atoms with van der Waals surface area (Å²) < 4.78 is 0. The molecule has 0 aromatic carbocycles. The predicted octanol–water partition coefficient (Wildman–Crippen LogP) is 1.14. The minimum atomic E-state index is 0.227. The van der Waals surface area contributed by atoms with Crippen LogP contribution in [0.4, 0.5) is 0 Å². The van der Waals surface area contributed by atoms with Crippen molar-refractivity contribution in [1.29, 1.82) is 5.41 Å². The first-order valence-corrected chi connectivity index (χ1v) is 4.25. The molecule has 0 aromatic rings. The average molecular weight is 155 g/mol. The first-order valence-electron chi connectivity index (χ1n) is 4.25. The Hall–Kier alpha value is -0.730. The molecule has 0 bridgehead atoms. The summed E-state index contributed by atoms with van der Waals surface area (Å²) in [5.41, 5.74) is 5.46. The van der Waals surface area contributed by atoms with Crippen LogP contribution in [0.25, 0.3) is 0 Å². The number of hydrogen-bond donors (Lipinski definition) is 2. The van der Waals surface area contributed by atoms with Crippen molar-refractivity contribution in [2.75, 3.05) is 0 Å². The third-order valence-corrected chi connectivity index (χ3v) is 2.47. The predicted molar refractivity (Wildman–Crippen MR) is 46.5 cm³/mol. The molecule has 1 rings (SSSR count). The van der Waals surface area contributed by atoms with Gasteiger partial charge in [0.25, 0.3) is 0 Å². The summed E-state index contributed by atoms with van der Waals surface area (Å²) >= 11 is 0. The van der Waals surface area contributed by atoms with Crippen LogP contribution in [0.2, 0.25) is 0 Å². The molecular weight excluding hydrogens is 138 g/mol. The molecule has 0 saturated carbocycles. The van der Waals surface area contributed by atoms with E-state index in [1.165, 1.54) is 19.3 Å². The second-order valence-electron chi connectivity index (χ2n) is 3.42. The van der Waals surface area contributed by atoms with Gasteiger partial charge >= 0.3 is 0 Å². The van der Waals surface area contributed by atoms with Crippen molar-refractivity contribution in [3.63, 3.8) is 0 Å². The standard InChI is InChI=1S/C8H17N3/c1-6-4-3-5-7(2)11(6)8(9)10/h6-7H,3-5H2,1-2H3,(H3,9,10)/t6-,7+. The number of nitrogens with two attached hydrogens (primary N) is 1. The first-order chi connectivity index (χ1) is 5.13. The van der Waals surface area contributed by atoms with Gasteiger partial charge in [-0.2, -0.15) is 0 Å². The molecule has 0 spiro atoms. The smallest absolute Gasteiger partial charge is 0.188 e. The van der Waals surface area contributed by atoms with Gasteiger partial charge in [-0.15, -0.1) is 0 Å². The topological polar surface area (TPSA) is 53.1 Å². The van der Waals surface area contributed by atoms with Crippen molar-refractivity contribution < 1.29 is 0 Å². The van der Waals surface area contributed by atoms with E-state index >= 15 is 0 Å². The fraction of sp³-hybridized carbons (Fsp3) is 0.875. The van der Waals surface area contributed by atoms with Crippen LogP contribution < -0.4 is 5.73 Å². The molecule has 3 N–H and O–H groups in total. The molecule has 1 saturated heterocycles. The zero-order chi connectivity index (χ0) is 8.43. The van der Waals surface area contributed by atoms with E-state index in [0.717, 1.165) is 0 Å². The molecule has 0 amide bonds. The summed E-state index contributed by atoms with van der Waals surface area (Å²) in [5.74, 6) is 0.227. The SMILES string of the molecule is C[C@@H]1CCC[C@H](C)N1C(=N)N. The van der Waals surface area contributed by atoms with Crippen LogP contribution in [-0.4, -0.2) is 22.9 Å². The fourth-order valence-corrected chi connectivity index (χ4v) is 1.90. The van der Waals surface area contributed by atoms with Crippen LogP contribution >= 0.6 is 0 Å². The summed E-state index contributed by atoms with van der Waals surface area (Å²) in [6.07, 6.45) is 3.61. The monoisotopic (exact) mass is 155 g/mol. The molecule has 0 aromatic heterocycles. The highest BCUT2D eigenvalue weighted by molar-refractivity contribution is 5.75. The molecule has 1 fully saturated rings. The van der Waals surface area contributed by atoms with E-state index in [2.05, 4.69) is 13.8 Å². The minimum absolute atomic E-state index is 0.227. The highest BCUT2D eigenvalue weighted by atomic mass is 15.3. The molecule has 0 aliphatic carbocycles. The van der Waals surface area contributed by atoms with Crippen LogP contribution in [-0.2, 0) is 0 Å². The van der Waals surface area contributed by atoms with E-state index in [1.54, 1.807) is 0 Å². The summed E-state index contributed by atoms with van der Waals surface area (Å²) in [5, 5.41) is 7.35. The van der Waals surface area contributed by atoms with Gasteiger partial charge in [-0.1, -0.05) is 0 Å². The first kappa shape index (κ1) is 8.37. The number of hydrogen-bond acceptors (Lipinski definition) is 1. The van der Waals surface area contributed by atoms with Gasteiger partial charge in [0.15, 0.2) is 5.96 Å². The molecule has 3 heteroatoms. The van der Waals surface area contributed by atoms with Crippen molar-refractivity contribution in [1.82, 2.24) is 4.90 Å². The van der Waals surface area contributed by atoms with Crippen molar-refractivity contribution in [2.24, 2.45) is 5.73 Å². The van der Waals surface area contributed by atoms with Gasteiger partial charge in [0, 0.05) is 12.1 Å². The van der Waals surface area contributed by atoms with Gasteiger partial charge in [0.1, 0.15) is 0 Å². The molecular formula is C8H17N3. The van der Waals surface area contributed by atoms with Crippen molar-refractivity contribution >= 4 is 5.96 Å². The number of rotatable bonds is 0. The van der Waals surface area contributed by atoms with E-state index in [4.69, 9.17) is 11.1 Å². The Morgan fingerprint density at radius 1 is 1.36 bits per heavy atom. The summed E-state index contributed by atoms with van der Waals surface area (Å²) in [6, 6.07) is 0.910. The number of nitrogens with zero attached hydrogens (tertiary/aromatic N) is 1. The molecule has 0 radical (unpaired) electrons. The van der Waals surface area contributed by atoms with Gasteiger partial charge < -0.3 is 10.6 Å². The number of nitrogens with one attached hydrogen (secondary N) is 1. The lowest BCUT2D eigenvalue weighted by Gasteiger charge is -2.39. The number of guanidine groups is 1. The fourth-order valence-electron chi connectivity index (χ4n) is 1.90. The molecule has 1 aliphatic heterocycles. The Morgan fingerprint density at radius 2 is 1.82 bits per heavy atom. The van der Waals surface area contributed by atoms with Gasteiger partial charge in [0.05, 0.1) is 0 Å². The highest BCUT2D eigenvalue weighted by Gasteiger charge is 2.24. The summed E-state index contributed by atoms with van der Waals surface area (Å²) in [4.78, 5) is 2.00. The van der Waals surface area contributed by atoms with Gasteiger partial charge in [-0.25, -0.2) is 0 Å². The molecule has 1 heterocycles. The van der Waals surface area contributed by atoms with Crippen molar-refractivity contribution in [3.8, 4) is 0 Å². The van der Waals surface area contributed by atoms with Crippen LogP contribution in [0, 0.1) is 5.41 Å². The molecule has 0 unspecified atom stereocenters. The summed E-state index contributed by atoms with van der Waals surface area (Å²) in [7, 11) is 0. The second-order valence-corrected chi connectivity index (χ2v) is 3.42. The lowest BCUT2D eigenvalue weighted by atomic mass is 9.98. The summed E-state index contributed by atoms with van der Waals surface area (Å²) in [6.45, 7) is 4.27. The Morgan fingerprint density at radius 3 is 2.09 bits per heavy atom. The number of piperidine rings is 1.